The van der Waals surface area contributed by atoms with Crippen LogP contribution in [-0.2, 0) is 14.3 Å². The lowest BCUT2D eigenvalue weighted by Gasteiger charge is -2.12. The Balaban J connectivity index is 2.65. The molecule has 0 aliphatic carbocycles. The largest absolute Gasteiger partial charge is 0.481 e. The van der Waals surface area contributed by atoms with Crippen molar-refractivity contribution in [3.63, 3.8) is 0 Å². The topological polar surface area (TPSA) is 119 Å². The Labute approximate surface area is 122 Å². The van der Waals surface area contributed by atoms with E-state index in [1.165, 1.54) is 6.07 Å². The van der Waals surface area contributed by atoms with Crippen molar-refractivity contribution in [1.82, 2.24) is 0 Å². The molecule has 1 aromatic carbocycles. The second-order valence-electron chi connectivity index (χ2n) is 4.33. The van der Waals surface area contributed by atoms with Gasteiger partial charge in [0.05, 0.1) is 18.2 Å². The molecule has 7 nitrogen and oxygen atoms in total. The highest BCUT2D eigenvalue weighted by atomic mass is 16.5. The molecule has 0 radical (unpaired) electrons. The van der Waals surface area contributed by atoms with Gasteiger partial charge in [-0.05, 0) is 31.5 Å². The zero-order chi connectivity index (χ0) is 15.8. The zero-order valence-electron chi connectivity index (χ0n) is 11.7. The minimum atomic E-state index is -1.01. The van der Waals surface area contributed by atoms with Gasteiger partial charge in [-0.3, -0.25) is 9.59 Å². The van der Waals surface area contributed by atoms with Gasteiger partial charge < -0.3 is 20.9 Å². The number of rotatable bonds is 7. The van der Waals surface area contributed by atoms with Gasteiger partial charge >= 0.3 is 11.9 Å². The van der Waals surface area contributed by atoms with Gasteiger partial charge in [0.25, 0.3) is 0 Å². The van der Waals surface area contributed by atoms with E-state index in [1.807, 2.05) is 0 Å². The third-order valence-electron chi connectivity index (χ3n) is 2.65. The van der Waals surface area contributed by atoms with Crippen molar-refractivity contribution in [2.45, 2.75) is 25.8 Å². The van der Waals surface area contributed by atoms with Crippen molar-refractivity contribution in [3.05, 3.63) is 29.8 Å². The van der Waals surface area contributed by atoms with Gasteiger partial charge in [-0.15, -0.1) is 0 Å². The van der Waals surface area contributed by atoms with E-state index in [9.17, 15) is 14.4 Å². The number of carboxylic acid groups (broad SMARTS) is 1. The summed E-state index contributed by atoms with van der Waals surface area (Å²) < 4.78 is 4.86. The van der Waals surface area contributed by atoms with Gasteiger partial charge in [-0.1, -0.05) is 6.07 Å². The first-order valence-electron chi connectivity index (χ1n) is 6.49. The molecule has 1 rings (SSSR count). The molecule has 0 aliphatic rings. The van der Waals surface area contributed by atoms with Crippen LogP contribution in [-0.4, -0.2) is 35.6 Å². The monoisotopic (exact) mass is 294 g/mol. The first-order valence-corrected chi connectivity index (χ1v) is 6.49. The lowest BCUT2D eigenvalue weighted by Crippen LogP contribution is -2.36. The number of anilines is 1. The van der Waals surface area contributed by atoms with Crippen molar-refractivity contribution < 1.29 is 24.2 Å². The molecule has 1 unspecified atom stereocenters. The molecule has 0 spiro atoms. The molecular weight excluding hydrogens is 276 g/mol. The number of nitrogens with one attached hydrogen (secondary N) is 1. The van der Waals surface area contributed by atoms with Crippen molar-refractivity contribution >= 4 is 23.5 Å². The summed E-state index contributed by atoms with van der Waals surface area (Å²) in [6.45, 7) is 1.96. The van der Waals surface area contributed by atoms with Crippen molar-refractivity contribution in [2.75, 3.05) is 11.9 Å². The number of hydrogen-bond acceptors (Lipinski definition) is 5. The number of amides is 1. The van der Waals surface area contributed by atoms with Crippen molar-refractivity contribution in [2.24, 2.45) is 5.73 Å². The number of carboxylic acids is 1. The van der Waals surface area contributed by atoms with Crippen molar-refractivity contribution in [1.29, 1.82) is 0 Å². The molecule has 114 valence electrons. The molecule has 7 heteroatoms. The quantitative estimate of drug-likeness (QED) is 0.645. The Bertz CT molecular complexity index is 530. The molecule has 1 amide bonds. The van der Waals surface area contributed by atoms with Gasteiger partial charge in [0.1, 0.15) is 0 Å². The fourth-order valence-corrected chi connectivity index (χ4v) is 1.58. The highest BCUT2D eigenvalue weighted by molar-refractivity contribution is 5.97. The van der Waals surface area contributed by atoms with E-state index in [1.54, 1.807) is 25.1 Å². The summed E-state index contributed by atoms with van der Waals surface area (Å²) in [5.41, 5.74) is 6.30. The van der Waals surface area contributed by atoms with E-state index in [4.69, 9.17) is 15.6 Å². The fourth-order valence-electron chi connectivity index (χ4n) is 1.58. The number of benzene rings is 1. The zero-order valence-corrected chi connectivity index (χ0v) is 11.7. The Morgan fingerprint density at radius 3 is 2.71 bits per heavy atom. The van der Waals surface area contributed by atoms with Crippen molar-refractivity contribution in [3.8, 4) is 0 Å². The molecule has 0 aromatic heterocycles. The Morgan fingerprint density at radius 1 is 1.38 bits per heavy atom. The number of aliphatic carboxylic acids is 1. The predicted molar refractivity (Wildman–Crippen MR) is 75.9 cm³/mol. The van der Waals surface area contributed by atoms with Crippen LogP contribution in [0.2, 0.25) is 0 Å². The molecule has 0 saturated carbocycles. The van der Waals surface area contributed by atoms with E-state index in [0.29, 0.717) is 11.3 Å². The molecule has 4 N–H and O–H groups in total. The molecule has 21 heavy (non-hydrogen) atoms. The van der Waals surface area contributed by atoms with Crippen LogP contribution in [0, 0.1) is 0 Å². The molecule has 0 heterocycles. The predicted octanol–water partition coefficient (Wildman–Crippen LogP) is 0.994. The second-order valence-corrected chi connectivity index (χ2v) is 4.33. The second kappa shape index (κ2) is 8.01. The number of hydrogen-bond donors (Lipinski definition) is 3. The van der Waals surface area contributed by atoms with E-state index >= 15 is 0 Å². The Hall–Kier alpha value is -2.41. The third kappa shape index (κ3) is 5.62. The SMILES string of the molecule is CCOC(=O)c1cccc(NC(=O)C(N)CCC(=O)O)c1. The fraction of sp³-hybridized carbons (Fsp3) is 0.357. The summed E-state index contributed by atoms with van der Waals surface area (Å²) in [6, 6.07) is 5.32. The normalized spacial score (nSPS) is 11.5. The number of ether oxygens (including phenoxy) is 1. The average molecular weight is 294 g/mol. The summed E-state index contributed by atoms with van der Waals surface area (Å²) in [5.74, 6) is -2.00. The third-order valence-corrected chi connectivity index (χ3v) is 2.65. The minimum Gasteiger partial charge on any atom is -0.481 e. The minimum absolute atomic E-state index is 0.0404. The van der Waals surface area contributed by atoms with E-state index in [2.05, 4.69) is 5.32 Å². The number of carbonyl (C=O) groups excluding carboxylic acids is 2. The highest BCUT2D eigenvalue weighted by Gasteiger charge is 2.15. The molecule has 0 bridgehead atoms. The van der Waals surface area contributed by atoms with Gasteiger partial charge in [0, 0.05) is 12.1 Å². The van der Waals surface area contributed by atoms with Crippen LogP contribution in [0.4, 0.5) is 5.69 Å². The maximum Gasteiger partial charge on any atom is 0.338 e. The summed E-state index contributed by atoms with van der Waals surface area (Å²) in [4.78, 5) is 33.8. The smallest absolute Gasteiger partial charge is 0.338 e. The summed E-state index contributed by atoms with van der Waals surface area (Å²) in [5, 5.41) is 11.1. The van der Waals surface area contributed by atoms with Gasteiger partial charge in [-0.25, -0.2) is 4.79 Å². The number of nitrogens with two attached hydrogens (primary N) is 1. The lowest BCUT2D eigenvalue weighted by molar-refractivity contribution is -0.137. The van der Waals surface area contributed by atoms with Crippen LogP contribution in [0.1, 0.15) is 30.1 Å². The molecule has 0 saturated heterocycles. The van der Waals surface area contributed by atoms with E-state index in [-0.39, 0.29) is 19.4 Å². The Kier molecular flexibility index (Phi) is 6.35. The summed E-state index contributed by atoms with van der Waals surface area (Å²) in [6.07, 6.45) is -0.143. The highest BCUT2D eigenvalue weighted by Crippen LogP contribution is 2.12. The van der Waals surface area contributed by atoms with Gasteiger partial charge in [0.2, 0.25) is 5.91 Å². The van der Waals surface area contributed by atoms with Crippen LogP contribution < -0.4 is 11.1 Å². The van der Waals surface area contributed by atoms with Crippen LogP contribution >= 0.6 is 0 Å². The summed E-state index contributed by atoms with van der Waals surface area (Å²) >= 11 is 0. The van der Waals surface area contributed by atoms with E-state index in [0.717, 1.165) is 0 Å². The van der Waals surface area contributed by atoms with Gasteiger partial charge in [-0.2, -0.15) is 0 Å². The van der Waals surface area contributed by atoms with Crippen LogP contribution in [0.5, 0.6) is 0 Å². The summed E-state index contributed by atoms with van der Waals surface area (Å²) in [7, 11) is 0. The van der Waals surface area contributed by atoms with Crippen LogP contribution in [0.15, 0.2) is 24.3 Å². The van der Waals surface area contributed by atoms with E-state index < -0.39 is 23.9 Å². The first kappa shape index (κ1) is 16.6. The molecule has 1 aromatic rings. The van der Waals surface area contributed by atoms with Crippen LogP contribution in [0.3, 0.4) is 0 Å². The number of esters is 1. The maximum atomic E-state index is 11.8. The Morgan fingerprint density at radius 2 is 2.10 bits per heavy atom. The molecule has 0 aliphatic heterocycles. The molecule has 1 atom stereocenters. The van der Waals surface area contributed by atoms with Crippen LogP contribution in [0.25, 0.3) is 0 Å². The average Bonchev–Trinajstić information content (AvgIpc) is 2.45. The van der Waals surface area contributed by atoms with Gasteiger partial charge in [0.15, 0.2) is 0 Å². The standard InChI is InChI=1S/C14H18N2O5/c1-2-21-14(20)9-4-3-5-10(8-9)16-13(19)11(15)6-7-12(17)18/h3-5,8,11H,2,6-7,15H2,1H3,(H,16,19)(H,17,18). The maximum absolute atomic E-state index is 11.8. The number of carbonyl (C=O) groups is 3. The molecule has 0 fully saturated rings. The first-order chi connectivity index (χ1) is 9.93. The molecular formula is C14H18N2O5. The lowest BCUT2D eigenvalue weighted by atomic mass is 10.1.